The number of thiocarbonyl (C=S) groups is 1. The van der Waals surface area contributed by atoms with Crippen LogP contribution in [0.3, 0.4) is 0 Å². The summed E-state index contributed by atoms with van der Waals surface area (Å²) in [6.45, 7) is 2.42. The highest BCUT2D eigenvalue weighted by atomic mass is 32.2. The van der Waals surface area contributed by atoms with Crippen LogP contribution < -0.4 is 0 Å². The van der Waals surface area contributed by atoms with Crippen molar-refractivity contribution in [1.82, 2.24) is 4.90 Å². The number of alkyl halides is 11. The van der Waals surface area contributed by atoms with Crippen LogP contribution in [0.25, 0.3) is 0 Å². The summed E-state index contributed by atoms with van der Waals surface area (Å²) in [6.07, 6.45) is -20.3. The Hall–Kier alpha value is -0.570. The second kappa shape index (κ2) is 7.58. The van der Waals surface area contributed by atoms with Crippen molar-refractivity contribution in [3.8, 4) is 0 Å². The smallest absolute Gasteiger partial charge is 0.358 e. The lowest BCUT2D eigenvalue weighted by atomic mass is 10.3. The van der Waals surface area contributed by atoms with Gasteiger partial charge in [-0.3, -0.25) is 4.74 Å². The van der Waals surface area contributed by atoms with Gasteiger partial charge in [0.2, 0.25) is 0 Å². The first-order valence-corrected chi connectivity index (χ1v) is 7.34. The largest absolute Gasteiger partial charge is 0.462 e. The van der Waals surface area contributed by atoms with Gasteiger partial charge < -0.3 is 4.90 Å². The Morgan fingerprint density at radius 2 is 1.24 bits per heavy atom. The summed E-state index contributed by atoms with van der Waals surface area (Å²) in [5.74, 6) is -7.08. The van der Waals surface area contributed by atoms with E-state index in [1.165, 1.54) is 13.8 Å². The zero-order valence-electron chi connectivity index (χ0n) is 12.2. The van der Waals surface area contributed by atoms with Crippen molar-refractivity contribution < 1.29 is 53.0 Å². The summed E-state index contributed by atoms with van der Waals surface area (Å²) in [5.41, 5.74) is 0. The number of halogens is 11. The van der Waals surface area contributed by atoms with E-state index < -0.39 is 45.7 Å². The van der Waals surface area contributed by atoms with Crippen molar-refractivity contribution >= 4 is 28.3 Å². The summed E-state index contributed by atoms with van der Waals surface area (Å²) in [5, 5.41) is -5.65. The molecule has 0 N–H and O–H groups in total. The maximum atomic E-state index is 13.9. The van der Waals surface area contributed by atoms with E-state index in [-0.39, 0.29) is 13.1 Å². The zero-order chi connectivity index (χ0) is 20.5. The maximum Gasteiger partial charge on any atom is 0.462 e. The van der Waals surface area contributed by atoms with Gasteiger partial charge in [0.05, 0.1) is 0 Å². The quantitative estimate of drug-likeness (QED) is 0.319. The van der Waals surface area contributed by atoms with Crippen LogP contribution >= 0.6 is 24.0 Å². The van der Waals surface area contributed by atoms with Crippen molar-refractivity contribution in [2.24, 2.45) is 0 Å². The molecule has 0 aromatic carbocycles. The third kappa shape index (κ3) is 5.21. The Labute approximate surface area is 143 Å². The lowest BCUT2D eigenvalue weighted by molar-refractivity contribution is -0.464. The van der Waals surface area contributed by atoms with E-state index in [0.717, 1.165) is 4.90 Å². The van der Waals surface area contributed by atoms with E-state index in [2.05, 4.69) is 17.0 Å². The van der Waals surface area contributed by atoms with Gasteiger partial charge in [-0.1, -0.05) is 12.2 Å². The van der Waals surface area contributed by atoms with Gasteiger partial charge in [0.1, 0.15) is 4.32 Å². The van der Waals surface area contributed by atoms with Crippen molar-refractivity contribution in [1.29, 1.82) is 0 Å². The highest BCUT2D eigenvalue weighted by Gasteiger charge is 2.78. The Balaban J connectivity index is 5.82. The Kier molecular flexibility index (Phi) is 7.41. The molecule has 15 heteroatoms. The molecule has 0 saturated heterocycles. The minimum atomic E-state index is -7.08. The Bertz CT molecular complexity index is 474. The number of thioether (sulfide) groups is 1. The molecule has 0 rings (SSSR count). The van der Waals surface area contributed by atoms with E-state index in [9.17, 15) is 48.3 Å². The molecule has 0 aromatic rings. The van der Waals surface area contributed by atoms with Crippen molar-refractivity contribution in [2.75, 3.05) is 13.1 Å². The van der Waals surface area contributed by atoms with Crippen LogP contribution in [0.4, 0.5) is 48.3 Å². The maximum absolute atomic E-state index is 13.9. The molecule has 25 heavy (non-hydrogen) atoms. The first-order chi connectivity index (χ1) is 10.9. The van der Waals surface area contributed by atoms with Gasteiger partial charge in [-0.2, -0.15) is 48.3 Å². The van der Waals surface area contributed by atoms with Crippen molar-refractivity contribution in [2.45, 2.75) is 43.4 Å². The molecule has 1 atom stereocenters. The first kappa shape index (κ1) is 24.4. The summed E-state index contributed by atoms with van der Waals surface area (Å²) in [6, 6.07) is 0. The minimum absolute atomic E-state index is 0.120. The average molecular weight is 433 g/mol. The van der Waals surface area contributed by atoms with Crippen molar-refractivity contribution in [3.63, 3.8) is 0 Å². The number of hydrogen-bond acceptors (Lipinski definition) is 3. The van der Waals surface area contributed by atoms with Gasteiger partial charge in [-0.25, -0.2) is 0 Å². The minimum Gasteiger partial charge on any atom is -0.358 e. The van der Waals surface area contributed by atoms with E-state index >= 15 is 0 Å². The molecule has 0 spiro atoms. The molecule has 1 unspecified atom stereocenters. The lowest BCUT2D eigenvalue weighted by Crippen LogP contribution is -2.58. The van der Waals surface area contributed by atoms with Gasteiger partial charge in [-0.05, 0) is 25.6 Å². The SMILES string of the molecule is CCN(CC)C(=S)SC(F)(OC(F)(F)C(F)(F)C(F)(F)F)C(F)(F)F. The predicted octanol–water partition coefficient (Wildman–Crippen LogP) is 5.34. The first-order valence-electron chi connectivity index (χ1n) is 6.12. The molecule has 0 amide bonds. The molecule has 0 aliphatic carbocycles. The molecule has 0 saturated carbocycles. The van der Waals surface area contributed by atoms with Crippen LogP contribution in [0.15, 0.2) is 0 Å². The second-order valence-corrected chi connectivity index (χ2v) is 6.03. The lowest BCUT2D eigenvalue weighted by Gasteiger charge is -2.35. The van der Waals surface area contributed by atoms with Crippen LogP contribution in [-0.2, 0) is 4.74 Å². The van der Waals surface area contributed by atoms with Crippen LogP contribution in [-0.4, -0.2) is 51.9 Å². The van der Waals surface area contributed by atoms with Crippen LogP contribution in [0.2, 0.25) is 0 Å². The van der Waals surface area contributed by atoms with Gasteiger partial charge in [-0.15, -0.1) is 0 Å². The number of rotatable bonds is 6. The number of hydrogen-bond donors (Lipinski definition) is 0. The molecule has 0 fully saturated rings. The molecular weight excluding hydrogens is 423 g/mol. The van der Waals surface area contributed by atoms with Crippen LogP contribution in [0.1, 0.15) is 13.8 Å². The second-order valence-electron chi connectivity index (χ2n) is 4.27. The molecule has 0 bridgehead atoms. The highest BCUT2D eigenvalue weighted by Crippen LogP contribution is 2.54. The van der Waals surface area contributed by atoms with E-state index in [4.69, 9.17) is 0 Å². The zero-order valence-corrected chi connectivity index (χ0v) is 13.9. The molecule has 0 aliphatic heterocycles. The summed E-state index contributed by atoms with van der Waals surface area (Å²) >= 11 is 3.09. The van der Waals surface area contributed by atoms with E-state index in [0.29, 0.717) is 0 Å². The summed E-state index contributed by atoms with van der Waals surface area (Å²) < 4.78 is 141. The topological polar surface area (TPSA) is 12.5 Å². The molecular formula is C10H10F11NOS2. The van der Waals surface area contributed by atoms with Gasteiger partial charge in [0.25, 0.3) is 0 Å². The highest BCUT2D eigenvalue weighted by molar-refractivity contribution is 8.23. The molecule has 0 aromatic heterocycles. The predicted molar refractivity (Wildman–Crippen MR) is 70.0 cm³/mol. The van der Waals surface area contributed by atoms with Gasteiger partial charge in [0, 0.05) is 13.1 Å². The molecule has 0 aliphatic rings. The molecule has 150 valence electrons. The number of nitrogens with zero attached hydrogens (tertiary/aromatic N) is 1. The Morgan fingerprint density at radius 1 is 0.840 bits per heavy atom. The fourth-order valence-corrected chi connectivity index (χ4v) is 2.64. The van der Waals surface area contributed by atoms with Gasteiger partial charge >= 0.3 is 29.6 Å². The van der Waals surface area contributed by atoms with Crippen LogP contribution in [0.5, 0.6) is 0 Å². The van der Waals surface area contributed by atoms with Gasteiger partial charge in [0.15, 0.2) is 0 Å². The molecule has 2 nitrogen and oxygen atoms in total. The standard InChI is InChI=1S/C10H10F11NOS2/c1-3-22(4-2)5(24)25-10(21,8(16,17)18)23-9(19,20)6(11,12)7(13,14)15/h3-4H2,1-2H3. The number of ether oxygens (including phenoxy) is 1. The molecule has 0 radical (unpaired) electrons. The summed E-state index contributed by atoms with van der Waals surface area (Å²) in [4.78, 5) is 0.837. The molecule has 0 heterocycles. The average Bonchev–Trinajstić information content (AvgIpc) is 2.36. The Morgan fingerprint density at radius 3 is 1.52 bits per heavy atom. The monoisotopic (exact) mass is 433 g/mol. The fourth-order valence-electron chi connectivity index (χ4n) is 1.19. The van der Waals surface area contributed by atoms with Crippen LogP contribution in [0, 0.1) is 0 Å². The van der Waals surface area contributed by atoms with Crippen molar-refractivity contribution in [3.05, 3.63) is 0 Å². The summed E-state index contributed by atoms with van der Waals surface area (Å²) in [7, 11) is 0. The normalized spacial score (nSPS) is 16.5. The van der Waals surface area contributed by atoms with E-state index in [1.54, 1.807) is 0 Å². The van der Waals surface area contributed by atoms with E-state index in [1.807, 2.05) is 0 Å². The third-order valence-corrected chi connectivity index (χ3v) is 4.08. The fraction of sp³-hybridized carbons (Fsp3) is 0.900. The third-order valence-electron chi connectivity index (χ3n) is 2.56.